The van der Waals surface area contributed by atoms with Gasteiger partial charge in [0.15, 0.2) is 11.6 Å². The number of carbonyl (C=O) groups excluding carboxylic acids is 3. The number of carboxylic acid groups (broad SMARTS) is 1. The quantitative estimate of drug-likeness (QED) is 0.0484. The summed E-state index contributed by atoms with van der Waals surface area (Å²) in [5, 5.41) is 69.6. The van der Waals surface area contributed by atoms with E-state index in [2.05, 4.69) is 53.8 Å². The van der Waals surface area contributed by atoms with Crippen molar-refractivity contribution in [3.05, 3.63) is 108 Å². The number of nitrogens with one attached hydrogen (secondary N) is 1. The van der Waals surface area contributed by atoms with E-state index in [1.165, 1.54) is 73.5 Å². The second kappa shape index (κ2) is 20.0. The van der Waals surface area contributed by atoms with Crippen LogP contribution in [0.1, 0.15) is 148 Å². The molecule has 10 atom stereocenters. The van der Waals surface area contributed by atoms with Crippen LogP contribution in [0.25, 0.3) is 0 Å². The summed E-state index contributed by atoms with van der Waals surface area (Å²) in [5.41, 5.74) is 7.34. The molecule has 0 bridgehead atoms. The number of Topliss-reactive ketones (excluding diaryl/α,β-unsaturated/α-hetero) is 2. The smallest absolute Gasteiger partial charge is 0.341 e. The lowest BCUT2D eigenvalue weighted by atomic mass is 9.45. The van der Waals surface area contributed by atoms with Crippen LogP contribution in [-0.2, 0) is 0 Å². The van der Waals surface area contributed by atoms with E-state index < -0.39 is 11.9 Å². The van der Waals surface area contributed by atoms with Gasteiger partial charge in [0.25, 0.3) is 5.91 Å². The van der Waals surface area contributed by atoms with Crippen LogP contribution in [0.2, 0.25) is 0 Å². The monoisotopic (exact) mass is 953 g/mol. The standard InChI is InChI=1S/C27H34N2O5.C21H31NO3.C6H5NO3/c1-16-21(28-25(33)17-7-5-10-29(34)15-17)14-22-26(2,3)8-6-9-27(22,4)23(16)24(32)18-11-19(30)13-20(31)12-18;1-12-16(22)11-17-20(2,3)6-5-7-21(17,4)18(12)19(25)13-8-14(23)10-15(24)9-13;8-6(9)5-2-1-3-7(10)4-5/h5,7,10-13,15-16,21-23H,6,8-9,14H2,1-4H3,(H3-,28,30,31,33,34);8-10,12,16-18,23-24H,5-7,11,22H2,1-4H3;1-4H,(H-,8,9,10)/p+2/t16-,21-,22+,23-,27+;12-,16-,17+,18-,21+;/m11./s1. The van der Waals surface area contributed by atoms with Crippen molar-refractivity contribution >= 4 is 23.4 Å². The minimum atomic E-state index is -1.05. The summed E-state index contributed by atoms with van der Waals surface area (Å²) in [6, 6.07) is 14.0. The summed E-state index contributed by atoms with van der Waals surface area (Å²) in [6.07, 6.45) is 13.3. The molecular weight excluding hydrogens is 881 g/mol. The highest BCUT2D eigenvalue weighted by molar-refractivity contribution is 6.00. The second-order valence-electron chi connectivity index (χ2n) is 22.1. The number of phenols is 4. The maximum absolute atomic E-state index is 14.0. The summed E-state index contributed by atoms with van der Waals surface area (Å²) in [4.78, 5) is 50.7. The fraction of sp³-hybridized carbons (Fsp3) is 0.519. The molecule has 4 aliphatic rings. The number of ketones is 2. The first-order chi connectivity index (χ1) is 32.2. The average Bonchev–Trinajstić information content (AvgIpc) is 3.24. The van der Waals surface area contributed by atoms with Gasteiger partial charge in [-0.3, -0.25) is 24.8 Å². The Balaban J connectivity index is 0.000000195. The van der Waals surface area contributed by atoms with E-state index in [1.54, 1.807) is 12.1 Å². The molecule has 4 saturated carbocycles. The lowest BCUT2D eigenvalue weighted by molar-refractivity contribution is -0.904. The van der Waals surface area contributed by atoms with Crippen LogP contribution in [0.3, 0.4) is 0 Å². The van der Waals surface area contributed by atoms with Gasteiger partial charge >= 0.3 is 5.97 Å². The maximum atomic E-state index is 14.0. The molecule has 2 aromatic carbocycles. The van der Waals surface area contributed by atoms with E-state index in [-0.39, 0.29) is 109 Å². The van der Waals surface area contributed by atoms with Gasteiger partial charge in [-0.05, 0) is 120 Å². The van der Waals surface area contributed by atoms with Gasteiger partial charge in [-0.2, -0.15) is 0 Å². The molecule has 2 heterocycles. The number of aromatic hydroxyl groups is 4. The number of benzene rings is 2. The normalized spacial score (nSPS) is 29.8. The molecule has 4 aliphatic carbocycles. The van der Waals surface area contributed by atoms with E-state index in [9.17, 15) is 44.8 Å². The molecule has 0 spiro atoms. The zero-order valence-corrected chi connectivity index (χ0v) is 41.1. The van der Waals surface area contributed by atoms with Gasteiger partial charge in [-0.25, -0.2) is 4.79 Å². The topological polar surface area (TPSA) is 256 Å². The van der Waals surface area contributed by atoms with Crippen molar-refractivity contribution < 1.29 is 64.6 Å². The Hall–Kier alpha value is -6.22. The molecule has 15 heteroatoms. The van der Waals surface area contributed by atoms with E-state index in [0.29, 0.717) is 21.8 Å². The van der Waals surface area contributed by atoms with Crippen molar-refractivity contribution in [2.24, 2.45) is 62.9 Å². The fourth-order valence-corrected chi connectivity index (χ4v) is 13.4. The van der Waals surface area contributed by atoms with Crippen LogP contribution in [-0.4, -0.2) is 71.5 Å². The molecule has 0 unspecified atom stereocenters. The Morgan fingerprint density at radius 3 is 1.42 bits per heavy atom. The number of carbonyl (C=O) groups is 4. The number of aromatic carboxylic acids is 1. The minimum Gasteiger partial charge on any atom is -0.508 e. The Kier molecular flexibility index (Phi) is 15.1. The summed E-state index contributed by atoms with van der Waals surface area (Å²) in [6.45, 7) is 17.7. The lowest BCUT2D eigenvalue weighted by Gasteiger charge is -2.60. The zero-order valence-electron chi connectivity index (χ0n) is 41.1. The van der Waals surface area contributed by atoms with Crippen LogP contribution in [0, 0.1) is 57.2 Å². The Morgan fingerprint density at radius 2 is 1.00 bits per heavy atom. The van der Waals surface area contributed by atoms with E-state index in [1.807, 2.05) is 6.92 Å². The maximum Gasteiger partial charge on any atom is 0.341 e. The number of hydrogen-bond acceptors (Lipinski definition) is 11. The molecule has 10 N–H and O–H groups in total. The molecule has 0 saturated heterocycles. The third-order valence-corrected chi connectivity index (χ3v) is 16.7. The van der Waals surface area contributed by atoms with E-state index in [0.717, 1.165) is 55.9 Å². The second-order valence-corrected chi connectivity index (χ2v) is 22.1. The molecule has 15 nitrogen and oxygen atoms in total. The molecule has 4 aromatic rings. The Labute approximate surface area is 404 Å². The number of aromatic nitrogens is 2. The summed E-state index contributed by atoms with van der Waals surface area (Å²) in [7, 11) is 0. The number of hydrogen-bond donors (Lipinski definition) is 9. The highest BCUT2D eigenvalue weighted by atomic mass is 16.5. The van der Waals surface area contributed by atoms with Gasteiger partial charge in [-0.1, -0.05) is 68.2 Å². The molecule has 2 aromatic heterocycles. The van der Waals surface area contributed by atoms with Crippen molar-refractivity contribution in [2.75, 3.05) is 0 Å². The van der Waals surface area contributed by atoms with Gasteiger partial charge in [0.1, 0.15) is 34.1 Å². The zero-order chi connectivity index (χ0) is 51.0. The van der Waals surface area contributed by atoms with Crippen LogP contribution in [0.4, 0.5) is 0 Å². The van der Waals surface area contributed by atoms with Gasteiger partial charge in [0, 0.05) is 68.8 Å². The van der Waals surface area contributed by atoms with Crippen molar-refractivity contribution in [3.63, 3.8) is 0 Å². The number of nitrogens with two attached hydrogens (primary N) is 1. The molecular formula is C54H72N4O11+2. The van der Waals surface area contributed by atoms with Crippen LogP contribution in [0.5, 0.6) is 23.0 Å². The molecule has 0 radical (unpaired) electrons. The lowest BCUT2D eigenvalue weighted by Crippen LogP contribution is -2.60. The molecule has 0 aliphatic heterocycles. The first kappa shape index (κ1) is 52.2. The van der Waals surface area contributed by atoms with Gasteiger partial charge < -0.3 is 36.6 Å². The fourth-order valence-electron chi connectivity index (χ4n) is 13.4. The SMILES string of the molecule is C[C@@H]1[C@H](N)C[C@H]2C(C)(C)CCC[C@]2(C)[C@H]1C(=O)c1cc(O)cc(O)c1.C[C@@H]1[C@H](NC(=O)c2ccc[n+](O)c2)C[C@H]2C(C)(C)CCC[C@]2(C)[C@H]1C(=O)c1cc(O)cc(O)c1.O=C(O)c1ccc[n+](O)c1. The Morgan fingerprint density at radius 1 is 0.594 bits per heavy atom. The molecule has 8 rings (SSSR count). The number of phenolic OH excluding ortho intramolecular Hbond substituents is 4. The van der Waals surface area contributed by atoms with Crippen molar-refractivity contribution in [1.82, 2.24) is 5.32 Å². The molecule has 372 valence electrons. The molecule has 69 heavy (non-hydrogen) atoms. The number of carboxylic acids is 1. The Bertz CT molecular complexity index is 2520. The summed E-state index contributed by atoms with van der Waals surface area (Å²) in [5.74, 6) is -1.99. The summed E-state index contributed by atoms with van der Waals surface area (Å²) >= 11 is 0. The van der Waals surface area contributed by atoms with E-state index >= 15 is 0 Å². The number of amides is 1. The third-order valence-electron chi connectivity index (χ3n) is 16.7. The largest absolute Gasteiger partial charge is 0.508 e. The summed E-state index contributed by atoms with van der Waals surface area (Å²) < 4.78 is 1.55. The van der Waals surface area contributed by atoms with Crippen molar-refractivity contribution in [3.8, 4) is 23.0 Å². The van der Waals surface area contributed by atoms with E-state index in [4.69, 9.17) is 16.0 Å². The van der Waals surface area contributed by atoms with Crippen LogP contribution < -0.4 is 20.5 Å². The molecule has 4 fully saturated rings. The number of nitrogens with zero attached hydrogens (tertiary/aromatic N) is 2. The number of rotatable bonds is 7. The highest BCUT2D eigenvalue weighted by Crippen LogP contribution is 2.63. The van der Waals surface area contributed by atoms with Crippen molar-refractivity contribution in [1.29, 1.82) is 0 Å². The first-order valence-corrected chi connectivity index (χ1v) is 24.0. The van der Waals surface area contributed by atoms with Gasteiger partial charge in [-0.15, -0.1) is 0 Å². The van der Waals surface area contributed by atoms with Gasteiger partial charge in [0.2, 0.25) is 24.8 Å². The average molecular weight is 953 g/mol. The highest BCUT2D eigenvalue weighted by Gasteiger charge is 2.60. The molecule has 1 amide bonds. The minimum absolute atomic E-state index is 0.000880. The predicted molar refractivity (Wildman–Crippen MR) is 255 cm³/mol. The number of fused-ring (bicyclic) bond motifs is 2. The third kappa shape index (κ3) is 11.0. The van der Waals surface area contributed by atoms with Crippen LogP contribution >= 0.6 is 0 Å². The van der Waals surface area contributed by atoms with Gasteiger partial charge in [0.05, 0.1) is 0 Å². The van der Waals surface area contributed by atoms with Crippen LogP contribution in [0.15, 0.2) is 85.5 Å². The first-order valence-electron chi connectivity index (χ1n) is 24.0. The number of pyridine rings is 2. The van der Waals surface area contributed by atoms with Crippen molar-refractivity contribution in [2.45, 2.75) is 119 Å². The predicted octanol–water partition coefficient (Wildman–Crippen LogP) is 8.10.